The summed E-state index contributed by atoms with van der Waals surface area (Å²) < 4.78 is 13.6. The van der Waals surface area contributed by atoms with Crippen LogP contribution in [0.4, 0.5) is 15.8 Å². The molecule has 1 aliphatic rings. The third-order valence-electron chi connectivity index (χ3n) is 3.15. The molecular weight excluding hydrogens is 261 g/mol. The molecule has 0 saturated carbocycles. The molecule has 2 rings (SSSR count). The van der Waals surface area contributed by atoms with Crippen LogP contribution in [0.15, 0.2) is 18.2 Å². The van der Waals surface area contributed by atoms with Gasteiger partial charge in [0.1, 0.15) is 5.82 Å². The second-order valence-electron chi connectivity index (χ2n) is 4.92. The van der Waals surface area contributed by atoms with Crippen molar-refractivity contribution in [3.63, 3.8) is 0 Å². The number of amides is 2. The van der Waals surface area contributed by atoms with Crippen LogP contribution in [0.1, 0.15) is 26.2 Å². The van der Waals surface area contributed by atoms with Crippen molar-refractivity contribution < 1.29 is 14.0 Å². The van der Waals surface area contributed by atoms with Gasteiger partial charge >= 0.3 is 0 Å². The van der Waals surface area contributed by atoms with E-state index in [2.05, 4.69) is 16.0 Å². The molecule has 0 bridgehead atoms. The first-order chi connectivity index (χ1) is 9.54. The van der Waals surface area contributed by atoms with E-state index in [1.165, 1.54) is 25.1 Å². The predicted molar refractivity (Wildman–Crippen MR) is 75.0 cm³/mol. The monoisotopic (exact) mass is 279 g/mol. The molecule has 108 valence electrons. The highest BCUT2D eigenvalue weighted by atomic mass is 19.1. The third-order valence-corrected chi connectivity index (χ3v) is 3.15. The van der Waals surface area contributed by atoms with Crippen molar-refractivity contribution in [2.45, 2.75) is 32.2 Å². The Labute approximate surface area is 116 Å². The highest BCUT2D eigenvalue weighted by Gasteiger charge is 2.18. The maximum atomic E-state index is 13.6. The van der Waals surface area contributed by atoms with Gasteiger partial charge in [-0.1, -0.05) is 0 Å². The smallest absolute Gasteiger partial charge is 0.226 e. The first-order valence-electron chi connectivity index (χ1n) is 6.65. The van der Waals surface area contributed by atoms with Crippen molar-refractivity contribution in [1.29, 1.82) is 0 Å². The minimum atomic E-state index is -0.521. The zero-order valence-electron chi connectivity index (χ0n) is 11.3. The molecule has 0 spiro atoms. The maximum Gasteiger partial charge on any atom is 0.226 e. The van der Waals surface area contributed by atoms with E-state index in [4.69, 9.17) is 0 Å². The van der Waals surface area contributed by atoms with Crippen LogP contribution in [0.3, 0.4) is 0 Å². The van der Waals surface area contributed by atoms with Crippen molar-refractivity contribution in [3.8, 4) is 0 Å². The minimum absolute atomic E-state index is 0.0826. The number of halogens is 1. The van der Waals surface area contributed by atoms with Crippen molar-refractivity contribution >= 4 is 23.2 Å². The molecule has 5 nitrogen and oxygen atoms in total. The molecule has 6 heteroatoms. The molecule has 2 amide bonds. The zero-order chi connectivity index (χ0) is 14.5. The van der Waals surface area contributed by atoms with Crippen LogP contribution < -0.4 is 16.0 Å². The highest BCUT2D eigenvalue weighted by Crippen LogP contribution is 2.20. The number of benzene rings is 1. The van der Waals surface area contributed by atoms with Gasteiger partial charge in [-0.05, 0) is 37.6 Å². The molecule has 1 saturated heterocycles. The van der Waals surface area contributed by atoms with Gasteiger partial charge in [0, 0.05) is 25.1 Å². The van der Waals surface area contributed by atoms with Crippen LogP contribution in [0.25, 0.3) is 0 Å². The van der Waals surface area contributed by atoms with E-state index in [0.29, 0.717) is 12.1 Å². The lowest BCUT2D eigenvalue weighted by atomic mass is 10.1. The fraction of sp³-hybridized carbons (Fsp3) is 0.429. The standard InChI is InChI=1S/C14H18FN3O2/c1-9(19)17-11-4-5-12(15)13(7-11)18-14(20)8-10-3-2-6-16-10/h4-5,7,10,16H,2-3,6,8H2,1H3,(H,17,19)(H,18,20). The summed E-state index contributed by atoms with van der Waals surface area (Å²) in [5, 5.41) is 8.31. The van der Waals surface area contributed by atoms with Crippen molar-refractivity contribution in [1.82, 2.24) is 5.32 Å². The van der Waals surface area contributed by atoms with Gasteiger partial charge in [-0.15, -0.1) is 0 Å². The van der Waals surface area contributed by atoms with Gasteiger partial charge in [0.25, 0.3) is 0 Å². The van der Waals surface area contributed by atoms with E-state index in [1.807, 2.05) is 0 Å². The highest BCUT2D eigenvalue weighted by molar-refractivity contribution is 5.93. The Morgan fingerprint density at radius 3 is 2.85 bits per heavy atom. The molecule has 1 aliphatic heterocycles. The summed E-state index contributed by atoms with van der Waals surface area (Å²) in [5.74, 6) is -1.00. The maximum absolute atomic E-state index is 13.6. The lowest BCUT2D eigenvalue weighted by Gasteiger charge is -2.12. The number of hydrogen-bond acceptors (Lipinski definition) is 3. The lowest BCUT2D eigenvalue weighted by molar-refractivity contribution is -0.116. The van der Waals surface area contributed by atoms with Gasteiger partial charge < -0.3 is 16.0 Å². The van der Waals surface area contributed by atoms with Crippen molar-refractivity contribution in [2.75, 3.05) is 17.2 Å². The average Bonchev–Trinajstić information content (AvgIpc) is 2.85. The predicted octanol–water partition coefficient (Wildman–Crippen LogP) is 1.86. The molecule has 0 radical (unpaired) electrons. The summed E-state index contributed by atoms with van der Waals surface area (Å²) in [7, 11) is 0. The van der Waals surface area contributed by atoms with E-state index in [1.54, 1.807) is 0 Å². The second kappa shape index (κ2) is 6.47. The molecule has 0 aromatic heterocycles. The molecule has 1 atom stereocenters. The number of nitrogens with one attached hydrogen (secondary N) is 3. The summed E-state index contributed by atoms with van der Waals surface area (Å²) in [6, 6.07) is 4.24. The summed E-state index contributed by atoms with van der Waals surface area (Å²) >= 11 is 0. The Morgan fingerprint density at radius 1 is 1.40 bits per heavy atom. The Hall–Kier alpha value is -1.95. The summed E-state index contributed by atoms with van der Waals surface area (Å²) in [4.78, 5) is 22.8. The van der Waals surface area contributed by atoms with Gasteiger partial charge in [-0.2, -0.15) is 0 Å². The first-order valence-corrected chi connectivity index (χ1v) is 6.65. The van der Waals surface area contributed by atoms with Crippen LogP contribution in [0.5, 0.6) is 0 Å². The molecule has 1 aromatic carbocycles. The quantitative estimate of drug-likeness (QED) is 0.788. The Bertz CT molecular complexity index is 513. The second-order valence-corrected chi connectivity index (χ2v) is 4.92. The number of carbonyl (C=O) groups is 2. The molecule has 1 fully saturated rings. The Morgan fingerprint density at radius 2 is 2.20 bits per heavy atom. The van der Waals surface area contributed by atoms with Crippen LogP contribution in [0, 0.1) is 5.82 Å². The molecular formula is C14H18FN3O2. The number of rotatable bonds is 4. The molecule has 3 N–H and O–H groups in total. The van der Waals surface area contributed by atoms with Gasteiger partial charge in [-0.25, -0.2) is 4.39 Å². The molecule has 1 heterocycles. The largest absolute Gasteiger partial charge is 0.326 e. The number of carbonyl (C=O) groups excluding carboxylic acids is 2. The summed E-state index contributed by atoms with van der Waals surface area (Å²) in [5.41, 5.74) is 0.535. The third kappa shape index (κ3) is 4.03. The average molecular weight is 279 g/mol. The normalized spacial score (nSPS) is 17.8. The van der Waals surface area contributed by atoms with E-state index >= 15 is 0 Å². The van der Waals surface area contributed by atoms with Gasteiger partial charge in [0.05, 0.1) is 5.69 Å². The fourth-order valence-electron chi connectivity index (χ4n) is 2.26. The number of anilines is 2. The molecule has 1 aromatic rings. The molecule has 20 heavy (non-hydrogen) atoms. The van der Waals surface area contributed by atoms with E-state index in [-0.39, 0.29) is 23.5 Å². The van der Waals surface area contributed by atoms with Gasteiger partial charge in [-0.3, -0.25) is 9.59 Å². The van der Waals surface area contributed by atoms with Gasteiger partial charge in [0.2, 0.25) is 11.8 Å². The van der Waals surface area contributed by atoms with Crippen molar-refractivity contribution in [3.05, 3.63) is 24.0 Å². The first kappa shape index (κ1) is 14.5. The van der Waals surface area contributed by atoms with E-state index < -0.39 is 5.82 Å². The minimum Gasteiger partial charge on any atom is -0.326 e. The summed E-state index contributed by atoms with van der Waals surface area (Å²) in [6.45, 7) is 2.29. The van der Waals surface area contributed by atoms with Crippen LogP contribution >= 0.6 is 0 Å². The molecule has 0 aliphatic carbocycles. The molecule has 1 unspecified atom stereocenters. The van der Waals surface area contributed by atoms with Crippen LogP contribution in [-0.4, -0.2) is 24.4 Å². The Balaban J connectivity index is 1.99. The Kier molecular flexibility index (Phi) is 4.68. The van der Waals surface area contributed by atoms with E-state index in [0.717, 1.165) is 19.4 Å². The number of hydrogen-bond donors (Lipinski definition) is 3. The van der Waals surface area contributed by atoms with Gasteiger partial charge in [0.15, 0.2) is 0 Å². The summed E-state index contributed by atoms with van der Waals surface area (Å²) in [6.07, 6.45) is 2.34. The van der Waals surface area contributed by atoms with Crippen molar-refractivity contribution in [2.24, 2.45) is 0 Å². The SMILES string of the molecule is CC(=O)Nc1ccc(F)c(NC(=O)CC2CCCN2)c1. The zero-order valence-corrected chi connectivity index (χ0v) is 11.3. The fourth-order valence-corrected chi connectivity index (χ4v) is 2.26. The van der Waals surface area contributed by atoms with Crippen LogP contribution in [0.2, 0.25) is 0 Å². The van der Waals surface area contributed by atoms with E-state index in [9.17, 15) is 14.0 Å². The van der Waals surface area contributed by atoms with Crippen LogP contribution in [-0.2, 0) is 9.59 Å². The lowest BCUT2D eigenvalue weighted by Crippen LogP contribution is -2.27. The topological polar surface area (TPSA) is 70.2 Å².